The fourth-order valence-corrected chi connectivity index (χ4v) is 3.40. The smallest absolute Gasteiger partial charge is 0.255 e. The quantitative estimate of drug-likeness (QED) is 0.756. The molecule has 3 aromatic rings. The minimum Gasteiger partial charge on any atom is -0.493 e. The SMILES string of the molecule is CCOc1cc2ccccc2cc1C(=O)N[C@@H]1CCOc2ccccc21. The van der Waals surface area contributed by atoms with E-state index in [0.717, 1.165) is 28.5 Å². The second-order valence-electron chi connectivity index (χ2n) is 6.33. The second-order valence-corrected chi connectivity index (χ2v) is 6.33. The minimum atomic E-state index is -0.124. The van der Waals surface area contributed by atoms with Gasteiger partial charge in [-0.05, 0) is 35.9 Å². The van der Waals surface area contributed by atoms with Crippen molar-refractivity contribution >= 4 is 16.7 Å². The van der Waals surface area contributed by atoms with Crippen LogP contribution in [0.25, 0.3) is 10.8 Å². The summed E-state index contributed by atoms with van der Waals surface area (Å²) >= 11 is 0. The Morgan fingerprint density at radius 2 is 1.85 bits per heavy atom. The number of rotatable bonds is 4. The van der Waals surface area contributed by atoms with E-state index < -0.39 is 0 Å². The van der Waals surface area contributed by atoms with Gasteiger partial charge in [0.2, 0.25) is 0 Å². The summed E-state index contributed by atoms with van der Waals surface area (Å²) in [5.41, 5.74) is 1.58. The standard InChI is InChI=1S/C22H21NO3/c1-2-25-21-14-16-8-4-3-7-15(16)13-18(21)22(24)23-19-11-12-26-20-10-6-5-9-17(19)20/h3-10,13-14,19H,2,11-12H2,1H3,(H,23,24)/t19-/m1/s1. The van der Waals surface area contributed by atoms with Crippen LogP contribution in [0.3, 0.4) is 0 Å². The van der Waals surface area contributed by atoms with Gasteiger partial charge in [-0.25, -0.2) is 0 Å². The Labute approximate surface area is 152 Å². The van der Waals surface area contributed by atoms with Crippen molar-refractivity contribution in [2.75, 3.05) is 13.2 Å². The highest BCUT2D eigenvalue weighted by Gasteiger charge is 2.24. The van der Waals surface area contributed by atoms with Crippen molar-refractivity contribution < 1.29 is 14.3 Å². The molecule has 0 saturated carbocycles. The lowest BCUT2D eigenvalue weighted by atomic mass is 9.99. The Balaban J connectivity index is 1.67. The van der Waals surface area contributed by atoms with E-state index in [0.29, 0.717) is 24.5 Å². The molecule has 0 saturated heterocycles. The van der Waals surface area contributed by atoms with Crippen LogP contribution >= 0.6 is 0 Å². The minimum absolute atomic E-state index is 0.0617. The van der Waals surface area contributed by atoms with Gasteiger partial charge in [0, 0.05) is 12.0 Å². The number of nitrogens with one attached hydrogen (secondary N) is 1. The van der Waals surface area contributed by atoms with E-state index in [1.54, 1.807) is 0 Å². The topological polar surface area (TPSA) is 47.6 Å². The predicted molar refractivity (Wildman–Crippen MR) is 102 cm³/mol. The Kier molecular flexibility index (Phi) is 4.48. The molecule has 4 rings (SSSR count). The molecule has 0 radical (unpaired) electrons. The van der Waals surface area contributed by atoms with Crippen molar-refractivity contribution in [2.24, 2.45) is 0 Å². The van der Waals surface area contributed by atoms with Crippen LogP contribution in [0.2, 0.25) is 0 Å². The van der Waals surface area contributed by atoms with E-state index in [1.807, 2.05) is 67.6 Å². The third-order valence-corrected chi connectivity index (χ3v) is 4.66. The summed E-state index contributed by atoms with van der Waals surface area (Å²) in [7, 11) is 0. The molecule has 1 N–H and O–H groups in total. The van der Waals surface area contributed by atoms with Gasteiger partial charge in [0.05, 0.1) is 24.8 Å². The van der Waals surface area contributed by atoms with Crippen LogP contribution in [0.5, 0.6) is 11.5 Å². The Morgan fingerprint density at radius 1 is 1.12 bits per heavy atom. The lowest BCUT2D eigenvalue weighted by molar-refractivity contribution is 0.0921. The van der Waals surface area contributed by atoms with Gasteiger partial charge in [-0.3, -0.25) is 4.79 Å². The van der Waals surface area contributed by atoms with Crippen molar-refractivity contribution in [3.63, 3.8) is 0 Å². The van der Waals surface area contributed by atoms with Gasteiger partial charge >= 0.3 is 0 Å². The molecule has 4 heteroatoms. The Bertz CT molecular complexity index is 951. The fourth-order valence-electron chi connectivity index (χ4n) is 3.40. The summed E-state index contributed by atoms with van der Waals surface area (Å²) in [4.78, 5) is 13.0. The van der Waals surface area contributed by atoms with Crippen molar-refractivity contribution in [1.29, 1.82) is 0 Å². The van der Waals surface area contributed by atoms with Gasteiger partial charge in [-0.1, -0.05) is 42.5 Å². The summed E-state index contributed by atoms with van der Waals surface area (Å²) in [6.07, 6.45) is 0.750. The van der Waals surface area contributed by atoms with E-state index in [-0.39, 0.29) is 11.9 Å². The molecule has 0 bridgehead atoms. The zero-order chi connectivity index (χ0) is 17.9. The highest BCUT2D eigenvalue weighted by Crippen LogP contribution is 2.33. The summed E-state index contributed by atoms with van der Waals surface area (Å²) in [5.74, 6) is 1.33. The van der Waals surface area contributed by atoms with Gasteiger partial charge in [0.25, 0.3) is 5.91 Å². The molecule has 1 atom stereocenters. The third kappa shape index (κ3) is 3.10. The maximum Gasteiger partial charge on any atom is 0.255 e. The number of para-hydroxylation sites is 1. The summed E-state index contributed by atoms with van der Waals surface area (Å²) in [6.45, 7) is 3.03. The van der Waals surface area contributed by atoms with Crippen molar-refractivity contribution in [1.82, 2.24) is 5.32 Å². The number of fused-ring (bicyclic) bond motifs is 2. The van der Waals surface area contributed by atoms with Gasteiger partial charge in [-0.15, -0.1) is 0 Å². The van der Waals surface area contributed by atoms with Crippen molar-refractivity contribution in [3.05, 3.63) is 71.8 Å². The third-order valence-electron chi connectivity index (χ3n) is 4.66. The molecule has 4 nitrogen and oxygen atoms in total. The molecule has 1 amide bonds. The van der Waals surface area contributed by atoms with E-state index in [9.17, 15) is 4.79 Å². The highest BCUT2D eigenvalue weighted by atomic mass is 16.5. The van der Waals surface area contributed by atoms with Crippen molar-refractivity contribution in [2.45, 2.75) is 19.4 Å². The van der Waals surface area contributed by atoms with Crippen LogP contribution < -0.4 is 14.8 Å². The number of amides is 1. The van der Waals surface area contributed by atoms with Crippen LogP contribution in [0, 0.1) is 0 Å². The number of carbonyl (C=O) groups excluding carboxylic acids is 1. The first kappa shape index (κ1) is 16.5. The molecule has 0 aromatic heterocycles. The molecule has 0 unspecified atom stereocenters. The Hall–Kier alpha value is -3.01. The number of ether oxygens (including phenoxy) is 2. The molecular weight excluding hydrogens is 326 g/mol. The average molecular weight is 347 g/mol. The zero-order valence-electron chi connectivity index (χ0n) is 14.7. The molecule has 0 fully saturated rings. The van der Waals surface area contributed by atoms with Crippen LogP contribution in [0.15, 0.2) is 60.7 Å². The van der Waals surface area contributed by atoms with E-state index >= 15 is 0 Å². The molecule has 1 aliphatic rings. The first-order valence-electron chi connectivity index (χ1n) is 8.94. The average Bonchev–Trinajstić information content (AvgIpc) is 2.68. The number of carbonyl (C=O) groups is 1. The summed E-state index contributed by atoms with van der Waals surface area (Å²) < 4.78 is 11.4. The van der Waals surface area contributed by atoms with Gasteiger partial charge in [0.1, 0.15) is 11.5 Å². The van der Waals surface area contributed by atoms with Crippen LogP contribution in [0.4, 0.5) is 0 Å². The van der Waals surface area contributed by atoms with Crippen LogP contribution in [-0.4, -0.2) is 19.1 Å². The van der Waals surface area contributed by atoms with E-state index in [4.69, 9.17) is 9.47 Å². The maximum atomic E-state index is 13.0. The molecular formula is C22H21NO3. The lowest BCUT2D eigenvalue weighted by Gasteiger charge is -2.27. The predicted octanol–water partition coefficient (Wildman–Crippen LogP) is 4.49. The molecule has 26 heavy (non-hydrogen) atoms. The Morgan fingerprint density at radius 3 is 2.65 bits per heavy atom. The largest absolute Gasteiger partial charge is 0.493 e. The summed E-state index contributed by atoms with van der Waals surface area (Å²) in [6, 6.07) is 19.6. The maximum absolute atomic E-state index is 13.0. The highest BCUT2D eigenvalue weighted by molar-refractivity contribution is 6.01. The molecule has 0 aliphatic carbocycles. The van der Waals surface area contributed by atoms with Crippen LogP contribution in [-0.2, 0) is 0 Å². The first-order chi connectivity index (χ1) is 12.8. The number of hydrogen-bond donors (Lipinski definition) is 1. The normalized spacial score (nSPS) is 15.8. The number of hydrogen-bond acceptors (Lipinski definition) is 3. The van der Waals surface area contributed by atoms with Gasteiger partial charge in [0.15, 0.2) is 0 Å². The van der Waals surface area contributed by atoms with Gasteiger partial charge in [-0.2, -0.15) is 0 Å². The lowest BCUT2D eigenvalue weighted by Crippen LogP contribution is -2.32. The molecule has 1 heterocycles. The second kappa shape index (κ2) is 7.08. The van der Waals surface area contributed by atoms with Crippen molar-refractivity contribution in [3.8, 4) is 11.5 Å². The van der Waals surface area contributed by atoms with E-state index in [1.165, 1.54) is 0 Å². The summed E-state index contributed by atoms with van der Waals surface area (Å²) in [5, 5.41) is 5.24. The zero-order valence-corrected chi connectivity index (χ0v) is 14.7. The van der Waals surface area contributed by atoms with Crippen LogP contribution in [0.1, 0.15) is 35.3 Å². The fraction of sp³-hybridized carbons (Fsp3) is 0.227. The first-order valence-corrected chi connectivity index (χ1v) is 8.94. The molecule has 132 valence electrons. The number of benzene rings is 3. The van der Waals surface area contributed by atoms with Gasteiger partial charge < -0.3 is 14.8 Å². The molecule has 3 aromatic carbocycles. The molecule has 1 aliphatic heterocycles. The van der Waals surface area contributed by atoms with E-state index in [2.05, 4.69) is 5.32 Å². The monoisotopic (exact) mass is 347 g/mol. The molecule has 0 spiro atoms.